The van der Waals surface area contributed by atoms with Crippen molar-refractivity contribution in [3.05, 3.63) is 72.3 Å². The number of benzene rings is 2. The summed E-state index contributed by atoms with van der Waals surface area (Å²) in [5.41, 5.74) is 8.47. The van der Waals surface area contributed by atoms with Gasteiger partial charge in [-0.3, -0.25) is 5.73 Å². The van der Waals surface area contributed by atoms with Gasteiger partial charge in [-0.25, -0.2) is 31.8 Å². The summed E-state index contributed by atoms with van der Waals surface area (Å²) in [6, 6.07) is 13.0. The summed E-state index contributed by atoms with van der Waals surface area (Å²) in [6.45, 7) is 0. The molecule has 2 aliphatic heterocycles. The van der Waals surface area contributed by atoms with Crippen LogP contribution in [0.15, 0.2) is 81.5 Å². The minimum Gasteiger partial charge on any atom is -0.291 e. The molecule has 8 nitrogen and oxygen atoms in total. The van der Waals surface area contributed by atoms with Gasteiger partial charge >= 0.3 is 0 Å². The molecule has 0 amide bonds. The zero-order valence-electron chi connectivity index (χ0n) is 16.3. The van der Waals surface area contributed by atoms with Crippen molar-refractivity contribution < 1.29 is 16.8 Å². The van der Waals surface area contributed by atoms with E-state index in [1.54, 1.807) is 41.4 Å². The fraction of sp³-hybridized carbons (Fsp3) is 0.150. The summed E-state index contributed by atoms with van der Waals surface area (Å²) >= 11 is 0. The third-order valence-electron chi connectivity index (χ3n) is 4.78. The molecule has 0 saturated heterocycles. The van der Waals surface area contributed by atoms with Crippen LogP contribution in [0.1, 0.15) is 5.56 Å². The number of hydrogen-bond donors (Lipinski definition) is 1. The Kier molecular flexibility index (Phi) is 4.80. The molecule has 0 fully saturated rings. The molecule has 4 rings (SSSR count). The Hall–Kier alpha value is -2.95. The summed E-state index contributed by atoms with van der Waals surface area (Å²) in [7, 11) is -6.61. The van der Waals surface area contributed by atoms with Crippen LogP contribution in [0, 0.1) is 0 Å². The fourth-order valence-corrected chi connectivity index (χ4v) is 4.59. The van der Waals surface area contributed by atoms with Gasteiger partial charge in [0, 0.05) is 18.1 Å². The third kappa shape index (κ3) is 3.64. The van der Waals surface area contributed by atoms with Gasteiger partial charge in [0.15, 0.2) is 31.8 Å². The lowest BCUT2D eigenvalue weighted by Crippen LogP contribution is -2.47. The minimum absolute atomic E-state index is 0.214. The molecule has 0 radical (unpaired) electrons. The first kappa shape index (κ1) is 20.3. The molecule has 1 atom stereocenters. The number of nitrogens with two attached hydrogens (primary N) is 1. The SMILES string of the molecule is CS(=O)(=O)c1ccc(C2=CC=CC3=NC(N)N(c4ccc(S(C)(=O)=O)cc4)N23)cc1. The molecule has 0 spiro atoms. The lowest BCUT2D eigenvalue weighted by Gasteiger charge is -2.36. The first-order chi connectivity index (χ1) is 14.1. The van der Waals surface area contributed by atoms with E-state index in [1.165, 1.54) is 12.1 Å². The Labute approximate surface area is 175 Å². The monoisotopic (exact) mass is 444 g/mol. The third-order valence-corrected chi connectivity index (χ3v) is 7.04. The molecule has 2 aromatic rings. The van der Waals surface area contributed by atoms with Crippen LogP contribution in [-0.2, 0) is 19.7 Å². The second-order valence-electron chi connectivity index (χ2n) is 7.03. The maximum Gasteiger partial charge on any atom is 0.194 e. The normalized spacial score (nSPS) is 18.8. The molecule has 2 aliphatic rings. The highest BCUT2D eigenvalue weighted by atomic mass is 32.2. The van der Waals surface area contributed by atoms with Crippen molar-refractivity contribution in [2.75, 3.05) is 17.5 Å². The average molecular weight is 445 g/mol. The van der Waals surface area contributed by atoms with Crippen LogP contribution >= 0.6 is 0 Å². The molecular formula is C20H20N4O4S2. The first-order valence-electron chi connectivity index (χ1n) is 8.97. The van der Waals surface area contributed by atoms with Crippen LogP contribution in [0.5, 0.6) is 0 Å². The summed E-state index contributed by atoms with van der Waals surface area (Å²) in [5.74, 6) is 0.624. The molecule has 0 aliphatic carbocycles. The Morgan fingerprint density at radius 2 is 1.40 bits per heavy atom. The molecule has 0 bridgehead atoms. The van der Waals surface area contributed by atoms with Crippen molar-refractivity contribution in [2.24, 2.45) is 10.7 Å². The molecule has 0 aromatic heterocycles. The van der Waals surface area contributed by atoms with Crippen molar-refractivity contribution in [3.8, 4) is 0 Å². The lowest BCUT2D eigenvalue weighted by atomic mass is 10.1. The van der Waals surface area contributed by atoms with Crippen LogP contribution < -0.4 is 10.7 Å². The van der Waals surface area contributed by atoms with Crippen molar-refractivity contribution >= 4 is 36.9 Å². The summed E-state index contributed by atoms with van der Waals surface area (Å²) in [6.07, 6.45) is 7.16. The minimum atomic E-state index is -3.31. The van der Waals surface area contributed by atoms with Gasteiger partial charge in [0.05, 0.1) is 21.2 Å². The van der Waals surface area contributed by atoms with E-state index in [0.717, 1.165) is 23.8 Å². The zero-order chi connectivity index (χ0) is 21.7. The number of amidine groups is 1. The zero-order valence-corrected chi connectivity index (χ0v) is 17.9. The van der Waals surface area contributed by atoms with Crippen LogP contribution in [0.4, 0.5) is 5.69 Å². The van der Waals surface area contributed by atoms with E-state index in [9.17, 15) is 16.8 Å². The Balaban J connectivity index is 1.73. The highest BCUT2D eigenvalue weighted by molar-refractivity contribution is 7.91. The largest absolute Gasteiger partial charge is 0.291 e. The number of hydrogen-bond acceptors (Lipinski definition) is 8. The summed E-state index contributed by atoms with van der Waals surface area (Å²) in [5, 5.41) is 3.58. The van der Waals surface area contributed by atoms with E-state index in [-0.39, 0.29) is 9.79 Å². The number of rotatable bonds is 4. The standard InChI is InChI=1S/C20H20N4O4S2/c1-29(25,26)16-10-6-14(7-11-16)18-4-3-5-19-22-20(21)23(24(18)19)15-8-12-17(13-9-15)30(2,27)28/h3-13,20H,21H2,1-2H3. The van der Waals surface area contributed by atoms with Crippen molar-refractivity contribution in [3.63, 3.8) is 0 Å². The molecule has 10 heteroatoms. The van der Waals surface area contributed by atoms with E-state index in [2.05, 4.69) is 4.99 Å². The highest BCUT2D eigenvalue weighted by Crippen LogP contribution is 2.34. The summed E-state index contributed by atoms with van der Waals surface area (Å²) in [4.78, 5) is 4.92. The maximum atomic E-state index is 11.8. The number of aliphatic imine (C=N–C) groups is 1. The molecule has 156 valence electrons. The highest BCUT2D eigenvalue weighted by Gasteiger charge is 2.35. The van der Waals surface area contributed by atoms with Gasteiger partial charge in [-0.2, -0.15) is 0 Å². The predicted octanol–water partition coefficient (Wildman–Crippen LogP) is 1.78. The molecule has 2 heterocycles. The number of allylic oxidation sites excluding steroid dienone is 2. The van der Waals surface area contributed by atoms with Gasteiger partial charge in [-0.1, -0.05) is 18.2 Å². The van der Waals surface area contributed by atoms with Gasteiger partial charge in [0.1, 0.15) is 0 Å². The molecular weight excluding hydrogens is 424 g/mol. The topological polar surface area (TPSA) is 113 Å². The number of nitrogens with zero attached hydrogens (tertiary/aromatic N) is 3. The Morgan fingerprint density at radius 1 is 0.867 bits per heavy atom. The fourth-order valence-electron chi connectivity index (χ4n) is 3.33. The Morgan fingerprint density at radius 3 is 1.93 bits per heavy atom. The number of hydrazine groups is 1. The molecule has 1 unspecified atom stereocenters. The molecule has 30 heavy (non-hydrogen) atoms. The average Bonchev–Trinajstić information content (AvgIpc) is 3.02. The predicted molar refractivity (Wildman–Crippen MR) is 116 cm³/mol. The quantitative estimate of drug-likeness (QED) is 0.765. The van der Waals surface area contributed by atoms with E-state index in [0.29, 0.717) is 11.5 Å². The molecule has 0 saturated carbocycles. The van der Waals surface area contributed by atoms with Gasteiger partial charge in [0.25, 0.3) is 0 Å². The lowest BCUT2D eigenvalue weighted by molar-refractivity contribution is 0.498. The van der Waals surface area contributed by atoms with Gasteiger partial charge < -0.3 is 0 Å². The number of anilines is 1. The summed E-state index contributed by atoms with van der Waals surface area (Å²) < 4.78 is 47.0. The Bertz CT molecular complexity index is 1290. The number of fused-ring (bicyclic) bond motifs is 1. The van der Waals surface area contributed by atoms with Crippen LogP contribution in [0.2, 0.25) is 0 Å². The van der Waals surface area contributed by atoms with E-state index < -0.39 is 26.0 Å². The molecule has 2 N–H and O–H groups in total. The van der Waals surface area contributed by atoms with Gasteiger partial charge in [0.2, 0.25) is 0 Å². The molecule has 2 aromatic carbocycles. The van der Waals surface area contributed by atoms with E-state index >= 15 is 0 Å². The van der Waals surface area contributed by atoms with E-state index in [4.69, 9.17) is 5.73 Å². The van der Waals surface area contributed by atoms with Gasteiger partial charge in [-0.15, -0.1) is 0 Å². The van der Waals surface area contributed by atoms with Crippen LogP contribution in [-0.4, -0.2) is 46.5 Å². The second-order valence-corrected chi connectivity index (χ2v) is 11.1. The maximum absolute atomic E-state index is 11.8. The van der Waals surface area contributed by atoms with Gasteiger partial charge in [-0.05, 0) is 48.6 Å². The second kappa shape index (κ2) is 7.08. The van der Waals surface area contributed by atoms with Crippen molar-refractivity contribution in [1.29, 1.82) is 0 Å². The first-order valence-corrected chi connectivity index (χ1v) is 12.8. The van der Waals surface area contributed by atoms with Crippen LogP contribution in [0.3, 0.4) is 0 Å². The van der Waals surface area contributed by atoms with Crippen LogP contribution in [0.25, 0.3) is 5.70 Å². The van der Waals surface area contributed by atoms with Crippen molar-refractivity contribution in [2.45, 2.75) is 16.1 Å². The number of sulfone groups is 2. The van der Waals surface area contributed by atoms with Crippen molar-refractivity contribution in [1.82, 2.24) is 5.01 Å². The smallest absolute Gasteiger partial charge is 0.194 e. The van der Waals surface area contributed by atoms with E-state index in [1.807, 2.05) is 23.2 Å².